The minimum absolute atomic E-state index is 0.495. The molecule has 0 saturated carbocycles. The number of hydrogen-bond donors (Lipinski definition) is 1. The molecule has 0 aliphatic heterocycles. The summed E-state index contributed by atoms with van der Waals surface area (Å²) in [5.74, 6) is 1.31. The number of thioether (sulfide) groups is 1. The van der Waals surface area contributed by atoms with Crippen LogP contribution < -0.4 is 9.47 Å². The Bertz CT molecular complexity index is 1320. The van der Waals surface area contributed by atoms with Gasteiger partial charge >= 0.3 is 0 Å². The van der Waals surface area contributed by atoms with Gasteiger partial charge in [0, 0.05) is 15.9 Å². The zero-order valence-corrected chi connectivity index (χ0v) is 28.1. The maximum absolute atomic E-state index is 5.66. The molecule has 2 heterocycles. The van der Waals surface area contributed by atoms with E-state index >= 15 is 0 Å². The van der Waals surface area contributed by atoms with Gasteiger partial charge < -0.3 is 14.5 Å². The van der Waals surface area contributed by atoms with Gasteiger partial charge in [0.2, 0.25) is 5.88 Å². The summed E-state index contributed by atoms with van der Waals surface area (Å²) in [7, 11) is 1.65. The Balaban J connectivity index is 0.000000477. The smallest absolute Gasteiger partial charge is 0.231 e. The number of benzene rings is 1. The van der Waals surface area contributed by atoms with Crippen LogP contribution in [0.15, 0.2) is 107 Å². The average Bonchev–Trinajstić information content (AvgIpc) is 3.34. The van der Waals surface area contributed by atoms with Crippen molar-refractivity contribution in [1.82, 2.24) is 15.0 Å². The molecule has 0 bridgehead atoms. The van der Waals surface area contributed by atoms with E-state index in [2.05, 4.69) is 84.0 Å². The monoisotopic (exact) mass is 687 g/mol. The van der Waals surface area contributed by atoms with Crippen LogP contribution in [0.4, 0.5) is 0 Å². The second-order valence-corrected chi connectivity index (χ2v) is 9.91. The van der Waals surface area contributed by atoms with Crippen molar-refractivity contribution >= 4 is 54.7 Å². The van der Waals surface area contributed by atoms with E-state index in [-0.39, 0.29) is 0 Å². The molecule has 0 amide bonds. The fourth-order valence-corrected chi connectivity index (χ4v) is 4.30. The molecule has 4 rings (SSSR count). The van der Waals surface area contributed by atoms with Gasteiger partial charge in [-0.25, -0.2) is 9.97 Å². The summed E-state index contributed by atoms with van der Waals surface area (Å²) in [5, 5.41) is 1.55. The molecule has 0 unspecified atom stereocenters. The number of H-pyrrole nitrogens is 1. The highest BCUT2D eigenvalue weighted by molar-refractivity contribution is 9.11. The summed E-state index contributed by atoms with van der Waals surface area (Å²) in [5.41, 5.74) is 3.67. The molecule has 1 aliphatic rings. The predicted octanol–water partition coefficient (Wildman–Crippen LogP) is 10.6. The molecule has 1 N–H and O–H groups in total. The lowest BCUT2D eigenvalue weighted by molar-refractivity contribution is 0.415. The van der Waals surface area contributed by atoms with Crippen LogP contribution in [-0.4, -0.2) is 33.6 Å². The standard InChI is InChI=1S/C20H18BrN3O2.C8H9BrS.2C2H6/c1-14(12-21)5-3-4-10-26-20-17-11-18(24-19(17)22-13-23-20)15-6-8-16(25-2)9-7-15;1-10-8-5-3-2-4-7(9)6-8;2*1-2/h3-11,13H,1,12H2,2H3,(H,22,23,24);2-3,5-6H,4H2,1H3;2*1-2H3/b5-3-,10-4+;;;. The van der Waals surface area contributed by atoms with Gasteiger partial charge in [0.25, 0.3) is 0 Å². The first-order valence-electron chi connectivity index (χ1n) is 13.0. The van der Waals surface area contributed by atoms with Crippen LogP contribution in [0.5, 0.6) is 11.6 Å². The molecule has 3 aromatic rings. The number of ether oxygens (including phenoxy) is 2. The van der Waals surface area contributed by atoms with Crippen molar-refractivity contribution in [3.05, 3.63) is 107 Å². The van der Waals surface area contributed by atoms with Crippen molar-refractivity contribution in [3.8, 4) is 22.9 Å². The van der Waals surface area contributed by atoms with Gasteiger partial charge in [0.05, 0.1) is 18.8 Å². The van der Waals surface area contributed by atoms with Gasteiger partial charge in [0.15, 0.2) is 0 Å². The lowest BCUT2D eigenvalue weighted by Gasteiger charge is -2.00. The topological polar surface area (TPSA) is 60.0 Å². The molecule has 8 heteroatoms. The number of aromatic amines is 1. The second-order valence-electron chi connectivity index (χ2n) is 7.45. The van der Waals surface area contributed by atoms with Crippen molar-refractivity contribution < 1.29 is 9.47 Å². The lowest BCUT2D eigenvalue weighted by Crippen LogP contribution is -1.88. The van der Waals surface area contributed by atoms with Gasteiger partial charge in [0.1, 0.15) is 17.7 Å². The van der Waals surface area contributed by atoms with E-state index < -0.39 is 0 Å². The molecule has 214 valence electrons. The zero-order valence-electron chi connectivity index (χ0n) is 24.1. The van der Waals surface area contributed by atoms with Gasteiger partial charge in [-0.15, -0.1) is 11.8 Å². The van der Waals surface area contributed by atoms with Crippen molar-refractivity contribution in [2.45, 2.75) is 34.1 Å². The maximum atomic E-state index is 5.66. The van der Waals surface area contributed by atoms with Crippen LogP contribution in [0, 0.1) is 0 Å². The Hall–Kier alpha value is -2.81. The molecule has 0 radical (unpaired) electrons. The van der Waals surface area contributed by atoms with Gasteiger partial charge in [-0.2, -0.15) is 0 Å². The third-order valence-corrected chi connectivity index (χ3v) is 6.91. The summed E-state index contributed by atoms with van der Waals surface area (Å²) in [6.45, 7) is 11.9. The number of aromatic nitrogens is 3. The molecular weight excluding hydrogens is 650 g/mol. The summed E-state index contributed by atoms with van der Waals surface area (Å²) in [4.78, 5) is 13.1. The Kier molecular flexibility index (Phi) is 18.5. The summed E-state index contributed by atoms with van der Waals surface area (Å²) in [6.07, 6.45) is 20.2. The van der Waals surface area contributed by atoms with Crippen molar-refractivity contribution in [2.75, 3.05) is 18.7 Å². The molecule has 0 atom stereocenters. The van der Waals surface area contributed by atoms with E-state index in [0.717, 1.165) is 45.4 Å². The Morgan fingerprint density at radius 2 is 1.85 bits per heavy atom. The molecule has 0 spiro atoms. The number of allylic oxidation sites excluding steroid dienone is 9. The van der Waals surface area contributed by atoms with Gasteiger partial charge in [-0.1, -0.05) is 90.4 Å². The largest absolute Gasteiger partial charge is 0.497 e. The van der Waals surface area contributed by atoms with E-state index in [1.54, 1.807) is 31.2 Å². The van der Waals surface area contributed by atoms with Gasteiger partial charge in [-0.05, 0) is 76.9 Å². The van der Waals surface area contributed by atoms with E-state index in [1.807, 2.05) is 70.2 Å². The summed E-state index contributed by atoms with van der Waals surface area (Å²) < 4.78 is 12.1. The predicted molar refractivity (Wildman–Crippen MR) is 183 cm³/mol. The number of fused-ring (bicyclic) bond motifs is 1. The molecule has 1 aliphatic carbocycles. The highest BCUT2D eigenvalue weighted by Gasteiger charge is 2.10. The van der Waals surface area contributed by atoms with Crippen LogP contribution in [0.1, 0.15) is 34.1 Å². The van der Waals surface area contributed by atoms with Crippen LogP contribution in [0.2, 0.25) is 0 Å². The van der Waals surface area contributed by atoms with Crippen LogP contribution in [-0.2, 0) is 0 Å². The molecule has 5 nitrogen and oxygen atoms in total. The Labute approximate surface area is 260 Å². The van der Waals surface area contributed by atoms with Gasteiger partial charge in [-0.3, -0.25) is 0 Å². The highest BCUT2D eigenvalue weighted by atomic mass is 79.9. The number of nitrogens with zero attached hydrogens (tertiary/aromatic N) is 2. The second kappa shape index (κ2) is 21.0. The molecular formula is C32H39Br2N3O2S. The van der Waals surface area contributed by atoms with E-state index in [9.17, 15) is 0 Å². The average molecular weight is 690 g/mol. The minimum Gasteiger partial charge on any atom is -0.497 e. The molecule has 1 aromatic carbocycles. The Morgan fingerprint density at radius 3 is 2.50 bits per heavy atom. The fraction of sp³-hybridized carbons (Fsp3) is 0.250. The first-order chi connectivity index (χ1) is 19.5. The summed E-state index contributed by atoms with van der Waals surface area (Å²) >= 11 is 8.59. The van der Waals surface area contributed by atoms with E-state index in [0.29, 0.717) is 5.88 Å². The molecule has 2 aromatic heterocycles. The number of halogens is 2. The number of nitrogens with one attached hydrogen (secondary N) is 1. The zero-order chi connectivity index (χ0) is 29.8. The first kappa shape index (κ1) is 35.2. The fourth-order valence-electron chi connectivity index (χ4n) is 3.05. The third kappa shape index (κ3) is 12.1. The van der Waals surface area contributed by atoms with Crippen LogP contribution in [0.25, 0.3) is 22.3 Å². The normalized spacial score (nSPS) is 12.2. The number of methoxy groups -OCH3 is 1. The van der Waals surface area contributed by atoms with Crippen LogP contribution in [0.3, 0.4) is 0 Å². The number of hydrogen-bond acceptors (Lipinski definition) is 5. The van der Waals surface area contributed by atoms with E-state index in [1.165, 1.54) is 15.7 Å². The molecule has 0 saturated heterocycles. The summed E-state index contributed by atoms with van der Waals surface area (Å²) in [6, 6.07) is 9.78. The molecule has 0 fully saturated rings. The van der Waals surface area contributed by atoms with E-state index in [4.69, 9.17) is 9.47 Å². The molecule has 40 heavy (non-hydrogen) atoms. The SMILES string of the molecule is C=C(/C=C\C=C\Oc1ncnc2[nH]c(-c3ccc(OC)cc3)cc12)CBr.CC.CC.CSC1=CC=CCC(Br)=C1. The minimum atomic E-state index is 0.495. The lowest BCUT2D eigenvalue weighted by atomic mass is 10.1. The highest BCUT2D eigenvalue weighted by Crippen LogP contribution is 2.29. The third-order valence-electron chi connectivity index (χ3n) is 4.91. The first-order valence-corrected chi connectivity index (χ1v) is 16.2. The van der Waals surface area contributed by atoms with Crippen molar-refractivity contribution in [2.24, 2.45) is 0 Å². The Morgan fingerprint density at radius 1 is 1.12 bits per heavy atom. The van der Waals surface area contributed by atoms with Crippen molar-refractivity contribution in [1.29, 1.82) is 0 Å². The number of alkyl halides is 1. The maximum Gasteiger partial charge on any atom is 0.231 e. The van der Waals surface area contributed by atoms with Crippen molar-refractivity contribution in [3.63, 3.8) is 0 Å². The number of rotatable bonds is 8. The quantitative estimate of drug-likeness (QED) is 0.145. The van der Waals surface area contributed by atoms with Crippen LogP contribution >= 0.6 is 43.6 Å².